The smallest absolute Gasteiger partial charge is 0.228 e. The van der Waals surface area contributed by atoms with Gasteiger partial charge in [0.1, 0.15) is 11.5 Å². The zero-order valence-electron chi connectivity index (χ0n) is 13.3. The minimum absolute atomic E-state index is 0.0143. The van der Waals surface area contributed by atoms with Gasteiger partial charge in [-0.15, -0.1) is 0 Å². The van der Waals surface area contributed by atoms with Crippen molar-refractivity contribution in [2.24, 2.45) is 0 Å². The molecule has 21 heavy (non-hydrogen) atoms. The van der Waals surface area contributed by atoms with Gasteiger partial charge in [0.05, 0.1) is 19.1 Å². The molecule has 1 amide bonds. The van der Waals surface area contributed by atoms with Gasteiger partial charge in [-0.3, -0.25) is 9.59 Å². The molecular formula is C17H29NO3. The van der Waals surface area contributed by atoms with Crippen LogP contribution in [-0.2, 0) is 14.3 Å². The van der Waals surface area contributed by atoms with Gasteiger partial charge in [0.2, 0.25) is 5.91 Å². The quantitative estimate of drug-likeness (QED) is 0.469. The first-order valence-electron chi connectivity index (χ1n) is 8.26. The Balaban J connectivity index is 2.02. The number of ether oxygens (including phenoxy) is 1. The van der Waals surface area contributed by atoms with Crippen LogP contribution in [0.1, 0.15) is 71.1 Å². The molecular weight excluding hydrogens is 266 g/mol. The van der Waals surface area contributed by atoms with Crippen molar-refractivity contribution in [2.45, 2.75) is 77.2 Å². The summed E-state index contributed by atoms with van der Waals surface area (Å²) in [5, 5.41) is 2.80. The number of carbonyl (C=O) groups is 2. The molecule has 4 heteroatoms. The van der Waals surface area contributed by atoms with Crippen molar-refractivity contribution >= 4 is 11.7 Å². The number of rotatable bonds is 11. The van der Waals surface area contributed by atoms with Gasteiger partial charge in [0.15, 0.2) is 0 Å². The van der Waals surface area contributed by atoms with E-state index in [1.165, 1.54) is 32.1 Å². The Hall–Kier alpha value is -1.32. The minimum atomic E-state index is -0.209. The molecule has 1 heterocycles. The number of ketones is 1. The second-order valence-corrected chi connectivity index (χ2v) is 5.81. The van der Waals surface area contributed by atoms with Gasteiger partial charge in [-0.05, 0) is 6.42 Å². The molecule has 1 fully saturated rings. The minimum Gasteiger partial charge on any atom is -0.496 e. The van der Waals surface area contributed by atoms with Gasteiger partial charge in [0.25, 0.3) is 0 Å². The fourth-order valence-corrected chi connectivity index (χ4v) is 2.51. The molecule has 0 saturated carbocycles. The molecule has 1 saturated heterocycles. The van der Waals surface area contributed by atoms with Crippen molar-refractivity contribution in [2.75, 3.05) is 6.61 Å². The van der Waals surface area contributed by atoms with Gasteiger partial charge < -0.3 is 10.1 Å². The van der Waals surface area contributed by atoms with E-state index in [9.17, 15) is 9.59 Å². The van der Waals surface area contributed by atoms with Gasteiger partial charge in [-0.1, -0.05) is 52.0 Å². The molecule has 120 valence electrons. The first-order chi connectivity index (χ1) is 10.1. The summed E-state index contributed by atoms with van der Waals surface area (Å²) >= 11 is 0. The summed E-state index contributed by atoms with van der Waals surface area (Å²) in [7, 11) is 0. The lowest BCUT2D eigenvalue weighted by molar-refractivity contribution is -0.128. The maximum Gasteiger partial charge on any atom is 0.228 e. The maximum absolute atomic E-state index is 11.7. The summed E-state index contributed by atoms with van der Waals surface area (Å²) in [4.78, 5) is 23.5. The first kappa shape index (κ1) is 17.7. The van der Waals surface area contributed by atoms with Gasteiger partial charge in [-0.2, -0.15) is 0 Å². The second kappa shape index (κ2) is 10.4. The second-order valence-electron chi connectivity index (χ2n) is 5.81. The van der Waals surface area contributed by atoms with E-state index in [0.29, 0.717) is 18.8 Å². The Morgan fingerprint density at radius 2 is 1.86 bits per heavy atom. The van der Waals surface area contributed by atoms with E-state index < -0.39 is 0 Å². The zero-order chi connectivity index (χ0) is 15.5. The average Bonchev–Trinajstić information content (AvgIpc) is 2.83. The van der Waals surface area contributed by atoms with Crippen LogP contribution in [0.15, 0.2) is 12.3 Å². The van der Waals surface area contributed by atoms with Crippen LogP contribution < -0.4 is 5.32 Å². The summed E-state index contributed by atoms with van der Waals surface area (Å²) in [6.45, 7) is 6.54. The molecule has 0 bridgehead atoms. The summed E-state index contributed by atoms with van der Waals surface area (Å²) in [6, 6.07) is -0.121. The highest BCUT2D eigenvalue weighted by molar-refractivity contribution is 5.98. The Labute approximate surface area is 128 Å². The van der Waals surface area contributed by atoms with Crippen molar-refractivity contribution in [3.8, 4) is 0 Å². The van der Waals surface area contributed by atoms with E-state index in [0.717, 1.165) is 19.3 Å². The number of nitrogens with one attached hydrogen (secondary N) is 1. The lowest BCUT2D eigenvalue weighted by Gasteiger charge is -2.11. The van der Waals surface area contributed by atoms with E-state index in [1.54, 1.807) is 0 Å². The highest BCUT2D eigenvalue weighted by Gasteiger charge is 2.23. The molecule has 1 aliphatic rings. The van der Waals surface area contributed by atoms with E-state index in [2.05, 4.69) is 18.8 Å². The number of carbonyl (C=O) groups excluding carboxylic acids is 2. The van der Waals surface area contributed by atoms with E-state index >= 15 is 0 Å². The molecule has 0 aliphatic carbocycles. The largest absolute Gasteiger partial charge is 0.496 e. The molecule has 0 aromatic heterocycles. The van der Waals surface area contributed by atoms with Gasteiger partial charge >= 0.3 is 0 Å². The predicted molar refractivity (Wildman–Crippen MR) is 83.9 cm³/mol. The molecule has 0 unspecified atom stereocenters. The Morgan fingerprint density at radius 1 is 1.19 bits per heavy atom. The van der Waals surface area contributed by atoms with Crippen molar-refractivity contribution in [1.29, 1.82) is 0 Å². The number of hydrogen-bond donors (Lipinski definition) is 1. The van der Waals surface area contributed by atoms with Crippen molar-refractivity contribution in [1.82, 2.24) is 5.32 Å². The maximum atomic E-state index is 11.7. The van der Waals surface area contributed by atoms with Crippen LogP contribution in [0, 0.1) is 0 Å². The third kappa shape index (κ3) is 7.88. The molecule has 1 atom stereocenters. The van der Waals surface area contributed by atoms with E-state index in [4.69, 9.17) is 4.74 Å². The van der Waals surface area contributed by atoms with Crippen molar-refractivity contribution < 1.29 is 14.3 Å². The molecule has 0 radical (unpaired) electrons. The van der Waals surface area contributed by atoms with Crippen LogP contribution in [0.2, 0.25) is 0 Å². The fraction of sp³-hybridized carbons (Fsp3) is 0.765. The lowest BCUT2D eigenvalue weighted by Crippen LogP contribution is -2.35. The monoisotopic (exact) mass is 295 g/mol. The van der Waals surface area contributed by atoms with E-state index in [1.807, 2.05) is 0 Å². The third-order valence-corrected chi connectivity index (χ3v) is 3.83. The molecule has 4 nitrogen and oxygen atoms in total. The lowest BCUT2D eigenvalue weighted by atomic mass is 10.1. The predicted octanol–water partition coefficient (Wildman–Crippen LogP) is 3.51. The molecule has 1 aliphatic heterocycles. The molecule has 0 aromatic rings. The van der Waals surface area contributed by atoms with Gasteiger partial charge in [0, 0.05) is 12.8 Å². The van der Waals surface area contributed by atoms with Crippen LogP contribution in [0.5, 0.6) is 0 Å². The van der Waals surface area contributed by atoms with Crippen molar-refractivity contribution in [3.63, 3.8) is 0 Å². The summed E-state index contributed by atoms with van der Waals surface area (Å²) < 4.78 is 5.20. The molecule has 1 N–H and O–H groups in total. The summed E-state index contributed by atoms with van der Waals surface area (Å²) in [6.07, 6.45) is 9.54. The zero-order valence-corrected chi connectivity index (χ0v) is 13.3. The number of amides is 1. The normalized spacial score (nSPS) is 17.6. The number of hydrogen-bond acceptors (Lipinski definition) is 3. The van der Waals surface area contributed by atoms with Crippen LogP contribution in [0.4, 0.5) is 0 Å². The van der Waals surface area contributed by atoms with Crippen LogP contribution in [0.3, 0.4) is 0 Å². The Kier molecular flexibility index (Phi) is 8.79. The van der Waals surface area contributed by atoms with Crippen LogP contribution in [-0.4, -0.2) is 24.3 Å². The topological polar surface area (TPSA) is 55.4 Å². The molecule has 0 spiro atoms. The fourth-order valence-electron chi connectivity index (χ4n) is 2.51. The molecule has 0 aromatic carbocycles. The van der Waals surface area contributed by atoms with Gasteiger partial charge in [-0.25, -0.2) is 0 Å². The summed E-state index contributed by atoms with van der Waals surface area (Å²) in [5.41, 5.74) is 0. The SMILES string of the molecule is C=C1OCC[C@@H]1NC(=O)CC(=O)CCCCCCCCC. The third-order valence-electron chi connectivity index (χ3n) is 3.83. The first-order valence-corrected chi connectivity index (χ1v) is 8.26. The highest BCUT2D eigenvalue weighted by Crippen LogP contribution is 2.15. The van der Waals surface area contributed by atoms with E-state index in [-0.39, 0.29) is 24.2 Å². The Bertz CT molecular complexity index is 352. The average molecular weight is 295 g/mol. The standard InChI is InChI=1S/C17H29NO3/c1-3-4-5-6-7-8-9-10-15(19)13-17(20)18-16-11-12-21-14(16)2/h16H,2-13H2,1H3,(H,18,20)/t16-/m0/s1. The van der Waals surface area contributed by atoms with Crippen LogP contribution in [0.25, 0.3) is 0 Å². The van der Waals surface area contributed by atoms with Crippen molar-refractivity contribution in [3.05, 3.63) is 12.3 Å². The van der Waals surface area contributed by atoms with Crippen LogP contribution >= 0.6 is 0 Å². The Morgan fingerprint density at radius 3 is 2.48 bits per heavy atom. The highest BCUT2D eigenvalue weighted by atomic mass is 16.5. The molecule has 1 rings (SSSR count). The number of unbranched alkanes of at least 4 members (excludes halogenated alkanes) is 6. The number of Topliss-reactive ketones (excluding diaryl/α,β-unsaturated/α-hetero) is 1. The summed E-state index contributed by atoms with van der Waals surface area (Å²) in [5.74, 6) is 0.424.